The second kappa shape index (κ2) is 5.59. The third kappa shape index (κ3) is 3.78. The topological polar surface area (TPSA) is 56.2 Å². The summed E-state index contributed by atoms with van der Waals surface area (Å²) in [6.07, 6.45) is 4.39. The molecule has 0 radical (unpaired) electrons. The molecule has 1 aromatic heterocycles. The maximum absolute atomic E-state index is 10.6. The van der Waals surface area contributed by atoms with E-state index in [0.717, 1.165) is 17.9 Å². The van der Waals surface area contributed by atoms with Crippen LogP contribution in [0.5, 0.6) is 0 Å². The molecule has 2 N–H and O–H groups in total. The van der Waals surface area contributed by atoms with Crippen molar-refractivity contribution in [2.45, 2.75) is 46.0 Å². The summed E-state index contributed by atoms with van der Waals surface area (Å²) in [6.45, 7) is 4.14. The average Bonchev–Trinajstić information content (AvgIpc) is 2.53. The van der Waals surface area contributed by atoms with Crippen LogP contribution in [0, 0.1) is 6.92 Å². The summed E-state index contributed by atoms with van der Waals surface area (Å²) in [5, 5.41) is 0. The molecule has 3 nitrogen and oxygen atoms in total. The number of carbonyl (C=O) groups is 1. The fourth-order valence-corrected chi connectivity index (χ4v) is 1.57. The van der Waals surface area contributed by atoms with Gasteiger partial charge in [-0.15, -0.1) is 0 Å². The van der Waals surface area contributed by atoms with Crippen molar-refractivity contribution in [2.75, 3.05) is 0 Å². The van der Waals surface area contributed by atoms with Gasteiger partial charge in [0.1, 0.15) is 11.5 Å². The number of unbranched alkanes of at least 4 members (excludes halogenated alkanes) is 1. The number of primary amides is 1. The first-order chi connectivity index (χ1) is 7.13. The van der Waals surface area contributed by atoms with Gasteiger partial charge < -0.3 is 10.2 Å². The van der Waals surface area contributed by atoms with E-state index < -0.39 is 0 Å². The molecule has 0 atom stereocenters. The fourth-order valence-electron chi connectivity index (χ4n) is 1.57. The Morgan fingerprint density at radius 2 is 2.20 bits per heavy atom. The second-order valence-electron chi connectivity index (χ2n) is 3.86. The van der Waals surface area contributed by atoms with E-state index in [1.165, 1.54) is 18.4 Å². The molecular formula is C12H19NO2. The van der Waals surface area contributed by atoms with E-state index in [1.807, 2.05) is 13.0 Å². The lowest BCUT2D eigenvalue weighted by Crippen LogP contribution is -2.10. The summed E-state index contributed by atoms with van der Waals surface area (Å²) in [7, 11) is 0. The van der Waals surface area contributed by atoms with Gasteiger partial charge >= 0.3 is 0 Å². The highest BCUT2D eigenvalue weighted by Crippen LogP contribution is 2.18. The zero-order valence-corrected chi connectivity index (χ0v) is 9.51. The Morgan fingerprint density at radius 3 is 2.80 bits per heavy atom. The summed E-state index contributed by atoms with van der Waals surface area (Å²) in [5.74, 6) is 1.57. The van der Waals surface area contributed by atoms with E-state index in [4.69, 9.17) is 10.2 Å². The lowest BCUT2D eigenvalue weighted by molar-refractivity contribution is -0.118. The fraction of sp³-hybridized carbons (Fsp3) is 0.583. The van der Waals surface area contributed by atoms with Crippen molar-refractivity contribution in [3.8, 4) is 0 Å². The predicted molar refractivity (Wildman–Crippen MR) is 59.6 cm³/mol. The number of aryl methyl sites for hydroxylation is 3. The first kappa shape index (κ1) is 11.8. The van der Waals surface area contributed by atoms with Gasteiger partial charge in [0.05, 0.1) is 0 Å². The summed E-state index contributed by atoms with van der Waals surface area (Å²) in [5.41, 5.74) is 6.35. The highest BCUT2D eigenvalue weighted by molar-refractivity contribution is 5.73. The normalized spacial score (nSPS) is 10.5. The number of furan rings is 1. The number of carbonyl (C=O) groups excluding carboxylic acids is 1. The molecule has 0 saturated heterocycles. The molecule has 84 valence electrons. The number of rotatable bonds is 6. The van der Waals surface area contributed by atoms with Gasteiger partial charge in [0.2, 0.25) is 5.91 Å². The molecule has 3 heteroatoms. The molecule has 0 saturated carbocycles. The van der Waals surface area contributed by atoms with Crippen LogP contribution in [0.2, 0.25) is 0 Å². The SMILES string of the molecule is CCCCc1cc(CCC(N)=O)oc1C. The molecule has 0 fully saturated rings. The molecule has 1 heterocycles. The molecule has 1 amide bonds. The Morgan fingerprint density at radius 1 is 1.47 bits per heavy atom. The Labute approximate surface area is 90.6 Å². The average molecular weight is 209 g/mol. The van der Waals surface area contributed by atoms with Gasteiger partial charge in [-0.1, -0.05) is 13.3 Å². The Balaban J connectivity index is 2.55. The first-order valence-corrected chi connectivity index (χ1v) is 5.50. The summed E-state index contributed by atoms with van der Waals surface area (Å²) < 4.78 is 5.55. The van der Waals surface area contributed by atoms with Crippen LogP contribution in [0.3, 0.4) is 0 Å². The van der Waals surface area contributed by atoms with Gasteiger partial charge in [-0.05, 0) is 31.4 Å². The monoisotopic (exact) mass is 209 g/mol. The van der Waals surface area contributed by atoms with Gasteiger partial charge in [0.15, 0.2) is 0 Å². The van der Waals surface area contributed by atoms with Crippen LogP contribution in [0.1, 0.15) is 43.3 Å². The molecule has 0 bridgehead atoms. The number of nitrogens with two attached hydrogens (primary N) is 1. The van der Waals surface area contributed by atoms with Gasteiger partial charge in [-0.2, -0.15) is 0 Å². The molecule has 1 aromatic rings. The quantitative estimate of drug-likeness (QED) is 0.781. The molecular weight excluding hydrogens is 190 g/mol. The van der Waals surface area contributed by atoms with Crippen molar-refractivity contribution in [1.82, 2.24) is 0 Å². The lowest BCUT2D eigenvalue weighted by Gasteiger charge is -1.94. The van der Waals surface area contributed by atoms with E-state index in [0.29, 0.717) is 12.8 Å². The van der Waals surface area contributed by atoms with Crippen LogP contribution in [0.15, 0.2) is 10.5 Å². The highest BCUT2D eigenvalue weighted by atomic mass is 16.3. The van der Waals surface area contributed by atoms with Crippen LogP contribution in [0.4, 0.5) is 0 Å². The second-order valence-corrected chi connectivity index (χ2v) is 3.86. The van der Waals surface area contributed by atoms with Crippen molar-refractivity contribution in [1.29, 1.82) is 0 Å². The molecule has 0 unspecified atom stereocenters. The molecule has 1 rings (SSSR count). The number of hydrogen-bond donors (Lipinski definition) is 1. The molecule has 0 spiro atoms. The van der Waals surface area contributed by atoms with Crippen molar-refractivity contribution in [3.05, 3.63) is 23.2 Å². The van der Waals surface area contributed by atoms with Crippen molar-refractivity contribution < 1.29 is 9.21 Å². The summed E-state index contributed by atoms with van der Waals surface area (Å²) >= 11 is 0. The first-order valence-electron chi connectivity index (χ1n) is 5.50. The minimum absolute atomic E-state index is 0.279. The van der Waals surface area contributed by atoms with Gasteiger partial charge in [0.25, 0.3) is 0 Å². The summed E-state index contributed by atoms with van der Waals surface area (Å²) in [6, 6.07) is 2.05. The minimum Gasteiger partial charge on any atom is -0.466 e. The van der Waals surface area contributed by atoms with Gasteiger partial charge in [0, 0.05) is 12.8 Å². The third-order valence-corrected chi connectivity index (χ3v) is 2.49. The van der Waals surface area contributed by atoms with Crippen molar-refractivity contribution >= 4 is 5.91 Å². The van der Waals surface area contributed by atoms with Crippen molar-refractivity contribution in [3.63, 3.8) is 0 Å². The minimum atomic E-state index is -0.279. The molecule has 0 aliphatic rings. The lowest BCUT2D eigenvalue weighted by atomic mass is 10.1. The maximum atomic E-state index is 10.6. The molecule has 0 aliphatic carbocycles. The predicted octanol–water partition coefficient (Wildman–Crippen LogP) is 2.35. The van der Waals surface area contributed by atoms with Crippen LogP contribution < -0.4 is 5.73 Å². The van der Waals surface area contributed by atoms with Crippen LogP contribution in [0.25, 0.3) is 0 Å². The van der Waals surface area contributed by atoms with Crippen LogP contribution in [-0.2, 0) is 17.6 Å². The van der Waals surface area contributed by atoms with Crippen LogP contribution in [-0.4, -0.2) is 5.91 Å². The van der Waals surface area contributed by atoms with E-state index >= 15 is 0 Å². The Bertz CT molecular complexity index is 328. The molecule has 15 heavy (non-hydrogen) atoms. The van der Waals surface area contributed by atoms with Gasteiger partial charge in [-0.25, -0.2) is 0 Å². The zero-order valence-electron chi connectivity index (χ0n) is 9.51. The highest BCUT2D eigenvalue weighted by Gasteiger charge is 2.07. The molecule has 0 aromatic carbocycles. The molecule has 0 aliphatic heterocycles. The smallest absolute Gasteiger partial charge is 0.217 e. The van der Waals surface area contributed by atoms with E-state index in [2.05, 4.69) is 6.92 Å². The van der Waals surface area contributed by atoms with Crippen molar-refractivity contribution in [2.24, 2.45) is 5.73 Å². The van der Waals surface area contributed by atoms with E-state index in [-0.39, 0.29) is 5.91 Å². The summed E-state index contributed by atoms with van der Waals surface area (Å²) in [4.78, 5) is 10.6. The number of hydrogen-bond acceptors (Lipinski definition) is 2. The Hall–Kier alpha value is -1.25. The maximum Gasteiger partial charge on any atom is 0.217 e. The Kier molecular flexibility index (Phi) is 4.40. The largest absolute Gasteiger partial charge is 0.466 e. The standard InChI is InChI=1S/C12H19NO2/c1-3-4-5-10-8-11(15-9(10)2)6-7-12(13)14/h8H,3-7H2,1-2H3,(H2,13,14). The zero-order chi connectivity index (χ0) is 11.3. The van der Waals surface area contributed by atoms with Crippen LogP contribution >= 0.6 is 0 Å². The third-order valence-electron chi connectivity index (χ3n) is 2.49. The van der Waals surface area contributed by atoms with E-state index in [1.54, 1.807) is 0 Å². The van der Waals surface area contributed by atoms with E-state index in [9.17, 15) is 4.79 Å². The van der Waals surface area contributed by atoms with Gasteiger partial charge in [-0.3, -0.25) is 4.79 Å². The number of amides is 1.